The summed E-state index contributed by atoms with van der Waals surface area (Å²) in [6.07, 6.45) is 0.900. The highest BCUT2D eigenvalue weighted by molar-refractivity contribution is 5.85. The van der Waals surface area contributed by atoms with Crippen molar-refractivity contribution in [3.63, 3.8) is 0 Å². The highest BCUT2D eigenvalue weighted by atomic mass is 35.5. The maximum absolute atomic E-state index is 9.51. The van der Waals surface area contributed by atoms with Crippen molar-refractivity contribution >= 4 is 12.4 Å². The second-order valence-corrected chi connectivity index (χ2v) is 3.79. The third kappa shape index (κ3) is 3.56. The van der Waals surface area contributed by atoms with Gasteiger partial charge in [-0.05, 0) is 18.4 Å². The maximum atomic E-state index is 9.51. The van der Waals surface area contributed by atoms with Crippen LogP contribution in [0.2, 0.25) is 0 Å². The van der Waals surface area contributed by atoms with E-state index in [1.54, 1.807) is 12.1 Å². The molecule has 1 atom stereocenters. The zero-order chi connectivity index (χ0) is 9.84. The van der Waals surface area contributed by atoms with E-state index in [2.05, 4.69) is 13.8 Å². The van der Waals surface area contributed by atoms with Crippen LogP contribution in [0.5, 0.6) is 5.75 Å². The van der Waals surface area contributed by atoms with Gasteiger partial charge < -0.3 is 10.8 Å². The number of aromatic hydroxyl groups is 1. The molecule has 1 rings (SSSR count). The molecule has 0 spiro atoms. The van der Waals surface area contributed by atoms with E-state index in [1.807, 2.05) is 12.1 Å². The number of phenolic OH excluding ortho intramolecular Hbond substituents is 1. The Bertz CT molecular complexity index is 276. The van der Waals surface area contributed by atoms with Crippen LogP contribution in [0.3, 0.4) is 0 Å². The summed E-state index contributed by atoms with van der Waals surface area (Å²) >= 11 is 0. The fourth-order valence-corrected chi connectivity index (χ4v) is 1.44. The molecular weight excluding hydrogens is 198 g/mol. The van der Waals surface area contributed by atoms with Gasteiger partial charge in [0.05, 0.1) is 0 Å². The van der Waals surface area contributed by atoms with Crippen molar-refractivity contribution in [2.75, 3.05) is 0 Å². The lowest BCUT2D eigenvalue weighted by Crippen LogP contribution is -2.12. The Morgan fingerprint density at radius 3 is 2.36 bits per heavy atom. The van der Waals surface area contributed by atoms with Crippen molar-refractivity contribution in [2.24, 2.45) is 11.7 Å². The third-order valence-electron chi connectivity index (χ3n) is 2.06. The predicted molar refractivity (Wildman–Crippen MR) is 61.7 cm³/mol. The summed E-state index contributed by atoms with van der Waals surface area (Å²) in [5, 5.41) is 9.51. The topological polar surface area (TPSA) is 46.2 Å². The van der Waals surface area contributed by atoms with Gasteiger partial charge in [-0.1, -0.05) is 32.0 Å². The molecule has 0 fully saturated rings. The smallest absolute Gasteiger partial charge is 0.120 e. The SMILES string of the molecule is CC(C)C[C@H](N)c1ccccc1O.Cl. The summed E-state index contributed by atoms with van der Waals surface area (Å²) in [6, 6.07) is 7.20. The molecule has 0 saturated heterocycles. The van der Waals surface area contributed by atoms with Gasteiger partial charge in [0, 0.05) is 11.6 Å². The molecule has 0 aliphatic rings. The number of hydrogen-bond donors (Lipinski definition) is 2. The van der Waals surface area contributed by atoms with Gasteiger partial charge in [-0.25, -0.2) is 0 Å². The summed E-state index contributed by atoms with van der Waals surface area (Å²) in [4.78, 5) is 0. The van der Waals surface area contributed by atoms with Gasteiger partial charge in [0.2, 0.25) is 0 Å². The maximum Gasteiger partial charge on any atom is 0.120 e. The highest BCUT2D eigenvalue weighted by Crippen LogP contribution is 2.26. The Labute approximate surface area is 91.5 Å². The number of halogens is 1. The fraction of sp³-hybridized carbons (Fsp3) is 0.455. The summed E-state index contributed by atoms with van der Waals surface area (Å²) in [5.74, 6) is 0.852. The molecule has 0 aliphatic carbocycles. The average molecular weight is 216 g/mol. The van der Waals surface area contributed by atoms with Crippen LogP contribution in [0, 0.1) is 5.92 Å². The van der Waals surface area contributed by atoms with Gasteiger partial charge in [0.15, 0.2) is 0 Å². The first-order valence-electron chi connectivity index (χ1n) is 4.64. The van der Waals surface area contributed by atoms with Crippen LogP contribution in [-0.2, 0) is 0 Å². The van der Waals surface area contributed by atoms with Gasteiger partial charge in [-0.3, -0.25) is 0 Å². The first kappa shape index (κ1) is 13.3. The second kappa shape index (κ2) is 5.89. The first-order chi connectivity index (χ1) is 6.11. The molecule has 0 radical (unpaired) electrons. The summed E-state index contributed by atoms with van der Waals surface area (Å²) in [6.45, 7) is 4.25. The van der Waals surface area contributed by atoms with E-state index < -0.39 is 0 Å². The van der Waals surface area contributed by atoms with Crippen molar-refractivity contribution in [3.05, 3.63) is 29.8 Å². The molecule has 80 valence electrons. The molecule has 1 aromatic carbocycles. The molecule has 1 aromatic rings. The van der Waals surface area contributed by atoms with Crippen molar-refractivity contribution in [2.45, 2.75) is 26.3 Å². The molecule has 3 heteroatoms. The molecule has 0 aromatic heterocycles. The minimum Gasteiger partial charge on any atom is -0.508 e. The second-order valence-electron chi connectivity index (χ2n) is 3.79. The van der Waals surface area contributed by atoms with Crippen LogP contribution >= 0.6 is 12.4 Å². The summed E-state index contributed by atoms with van der Waals surface area (Å²) in [5.41, 5.74) is 6.78. The molecule has 14 heavy (non-hydrogen) atoms. The monoisotopic (exact) mass is 215 g/mol. The Morgan fingerprint density at radius 1 is 1.29 bits per heavy atom. The van der Waals surface area contributed by atoms with Crippen LogP contribution in [0.4, 0.5) is 0 Å². The van der Waals surface area contributed by atoms with Gasteiger partial charge in [-0.2, -0.15) is 0 Å². The van der Waals surface area contributed by atoms with Crippen molar-refractivity contribution < 1.29 is 5.11 Å². The lowest BCUT2D eigenvalue weighted by atomic mass is 9.97. The van der Waals surface area contributed by atoms with E-state index in [1.165, 1.54) is 0 Å². The summed E-state index contributed by atoms with van der Waals surface area (Å²) in [7, 11) is 0. The van der Waals surface area contributed by atoms with Crippen molar-refractivity contribution in [1.29, 1.82) is 0 Å². The van der Waals surface area contributed by atoms with Crippen LogP contribution in [0.15, 0.2) is 24.3 Å². The van der Waals surface area contributed by atoms with Gasteiger partial charge in [0.1, 0.15) is 5.75 Å². The highest BCUT2D eigenvalue weighted by Gasteiger charge is 2.11. The molecule has 2 nitrogen and oxygen atoms in total. The number of benzene rings is 1. The van der Waals surface area contributed by atoms with E-state index in [-0.39, 0.29) is 18.4 Å². The molecule has 0 saturated carbocycles. The molecule has 3 N–H and O–H groups in total. The van der Waals surface area contributed by atoms with Gasteiger partial charge in [0.25, 0.3) is 0 Å². The molecule has 0 unspecified atom stereocenters. The zero-order valence-corrected chi connectivity index (χ0v) is 9.42. The number of hydrogen-bond acceptors (Lipinski definition) is 2. The number of para-hydroxylation sites is 1. The molecule has 0 bridgehead atoms. The van der Waals surface area contributed by atoms with E-state index in [4.69, 9.17) is 5.73 Å². The Hall–Kier alpha value is -0.730. The van der Waals surface area contributed by atoms with E-state index in [9.17, 15) is 5.11 Å². The number of nitrogens with two attached hydrogens (primary N) is 1. The minimum atomic E-state index is -0.0544. The van der Waals surface area contributed by atoms with Crippen LogP contribution in [0.1, 0.15) is 31.9 Å². The lowest BCUT2D eigenvalue weighted by molar-refractivity contribution is 0.445. The number of rotatable bonds is 3. The summed E-state index contributed by atoms with van der Waals surface area (Å²) < 4.78 is 0. The molecule has 0 amide bonds. The normalized spacial score (nSPS) is 12.3. The van der Waals surface area contributed by atoms with E-state index >= 15 is 0 Å². The Morgan fingerprint density at radius 2 is 1.86 bits per heavy atom. The van der Waals surface area contributed by atoms with E-state index in [0.717, 1.165) is 12.0 Å². The third-order valence-corrected chi connectivity index (χ3v) is 2.06. The molecule has 0 heterocycles. The zero-order valence-electron chi connectivity index (χ0n) is 8.60. The fourth-order valence-electron chi connectivity index (χ4n) is 1.44. The molecule has 0 aliphatic heterocycles. The largest absolute Gasteiger partial charge is 0.508 e. The lowest BCUT2D eigenvalue weighted by Gasteiger charge is -2.15. The van der Waals surface area contributed by atoms with Crippen molar-refractivity contribution in [3.8, 4) is 5.75 Å². The Balaban J connectivity index is 0.00000169. The minimum absolute atomic E-state index is 0. The quantitative estimate of drug-likeness (QED) is 0.815. The van der Waals surface area contributed by atoms with E-state index in [0.29, 0.717) is 11.7 Å². The first-order valence-corrected chi connectivity index (χ1v) is 4.64. The average Bonchev–Trinajstić information content (AvgIpc) is 2.03. The standard InChI is InChI=1S/C11H17NO.ClH/c1-8(2)7-10(12)9-5-3-4-6-11(9)13;/h3-6,8,10,13H,7,12H2,1-2H3;1H/t10-;/m0./s1. The molecular formula is C11H18ClNO. The van der Waals surface area contributed by atoms with Crippen LogP contribution in [0.25, 0.3) is 0 Å². The van der Waals surface area contributed by atoms with Crippen LogP contribution in [-0.4, -0.2) is 5.11 Å². The number of phenols is 1. The predicted octanol–water partition coefficient (Wildman–Crippen LogP) is 2.86. The van der Waals surface area contributed by atoms with Crippen LogP contribution < -0.4 is 5.73 Å². The Kier molecular flexibility index (Phi) is 5.58. The van der Waals surface area contributed by atoms with Gasteiger partial charge in [-0.15, -0.1) is 12.4 Å². The van der Waals surface area contributed by atoms with Crippen molar-refractivity contribution in [1.82, 2.24) is 0 Å². The van der Waals surface area contributed by atoms with Gasteiger partial charge >= 0.3 is 0 Å².